The zero-order valence-corrected chi connectivity index (χ0v) is 15.6. The topological polar surface area (TPSA) is 77.6 Å². The number of halogens is 1. The summed E-state index contributed by atoms with van der Waals surface area (Å²) in [6.07, 6.45) is 1.57. The molecule has 2 aromatic carbocycles. The molecule has 0 unspecified atom stereocenters. The number of benzene rings is 2. The van der Waals surface area contributed by atoms with Crippen LogP contribution in [0.5, 0.6) is 0 Å². The molecule has 0 fully saturated rings. The van der Waals surface area contributed by atoms with E-state index < -0.39 is 0 Å². The quantitative estimate of drug-likeness (QED) is 0.529. The van der Waals surface area contributed by atoms with Gasteiger partial charge in [-0.2, -0.15) is 0 Å². The molecule has 3 aromatic rings. The van der Waals surface area contributed by atoms with E-state index in [1.807, 2.05) is 0 Å². The number of hydrogen-bond donors (Lipinski definition) is 1. The van der Waals surface area contributed by atoms with E-state index in [1.165, 1.54) is 6.07 Å². The molecule has 142 valence electrons. The van der Waals surface area contributed by atoms with E-state index in [0.717, 1.165) is 5.56 Å². The summed E-state index contributed by atoms with van der Waals surface area (Å²) in [6, 6.07) is 15.1. The Morgan fingerprint density at radius 2 is 1.89 bits per heavy atom. The first-order valence-corrected chi connectivity index (χ1v) is 8.80. The van der Waals surface area contributed by atoms with E-state index in [9.17, 15) is 9.18 Å². The summed E-state index contributed by atoms with van der Waals surface area (Å²) in [5, 5.41) is 0. The van der Waals surface area contributed by atoms with Gasteiger partial charge in [-0.1, -0.05) is 30.3 Å². The highest BCUT2D eigenvalue weighted by atomic mass is 19.1. The molecular weight excluding hydrogens is 357 g/mol. The van der Waals surface area contributed by atoms with Gasteiger partial charge in [-0.3, -0.25) is 4.99 Å². The lowest BCUT2D eigenvalue weighted by atomic mass is 9.97. The minimum Gasteiger partial charge on any atom is -0.462 e. The molecule has 0 aliphatic carbocycles. The first kappa shape index (κ1) is 19.2. The molecule has 2 N–H and O–H groups in total. The molecular formula is C22H20FN3O2. The van der Waals surface area contributed by atoms with Crippen LogP contribution in [0.25, 0.3) is 22.4 Å². The largest absolute Gasteiger partial charge is 0.462 e. The van der Waals surface area contributed by atoms with Crippen molar-refractivity contribution in [2.45, 2.75) is 6.92 Å². The SMILES string of the molecule is CCOC(=O)c1ccc(-c2cc(-c3ccccc3F)c(C=NC)c(N)n2)cc1. The van der Waals surface area contributed by atoms with Crippen LogP contribution in [-0.4, -0.2) is 30.8 Å². The molecule has 0 atom stereocenters. The third kappa shape index (κ3) is 3.91. The second kappa shape index (κ2) is 8.43. The second-order valence-corrected chi connectivity index (χ2v) is 6.02. The van der Waals surface area contributed by atoms with Crippen LogP contribution in [-0.2, 0) is 4.74 Å². The van der Waals surface area contributed by atoms with Crippen molar-refractivity contribution < 1.29 is 13.9 Å². The smallest absolute Gasteiger partial charge is 0.338 e. The van der Waals surface area contributed by atoms with Crippen LogP contribution in [0.15, 0.2) is 59.6 Å². The standard InChI is InChI=1S/C22H20FN3O2/c1-3-28-22(27)15-10-8-14(9-11-15)20-12-17(16-6-4-5-7-19(16)23)18(13-25-2)21(24)26-20/h4-13H,3H2,1-2H3,(H2,24,26). The highest BCUT2D eigenvalue weighted by Crippen LogP contribution is 2.32. The van der Waals surface area contributed by atoms with Crippen LogP contribution in [0.3, 0.4) is 0 Å². The van der Waals surface area contributed by atoms with Crippen LogP contribution in [0, 0.1) is 5.82 Å². The number of aromatic nitrogens is 1. The maximum atomic E-state index is 14.4. The van der Waals surface area contributed by atoms with Crippen molar-refractivity contribution >= 4 is 18.0 Å². The Kier molecular flexibility index (Phi) is 5.79. The molecule has 0 spiro atoms. The first-order chi connectivity index (χ1) is 13.5. The Morgan fingerprint density at radius 1 is 1.18 bits per heavy atom. The number of anilines is 1. The van der Waals surface area contributed by atoms with E-state index in [1.54, 1.807) is 68.7 Å². The molecule has 1 aromatic heterocycles. The van der Waals surface area contributed by atoms with E-state index in [2.05, 4.69) is 9.98 Å². The Bertz CT molecular complexity index is 1030. The molecule has 0 radical (unpaired) electrons. The van der Waals surface area contributed by atoms with Crippen LogP contribution in [0.2, 0.25) is 0 Å². The number of carbonyl (C=O) groups is 1. The van der Waals surface area contributed by atoms with Crippen molar-refractivity contribution in [1.82, 2.24) is 4.98 Å². The van der Waals surface area contributed by atoms with Gasteiger partial charge in [0.15, 0.2) is 0 Å². The monoisotopic (exact) mass is 377 g/mol. The second-order valence-electron chi connectivity index (χ2n) is 6.02. The van der Waals surface area contributed by atoms with Crippen LogP contribution in [0.4, 0.5) is 10.2 Å². The minimum atomic E-state index is -0.386. The average Bonchev–Trinajstić information content (AvgIpc) is 2.70. The van der Waals surface area contributed by atoms with Gasteiger partial charge in [-0.05, 0) is 36.8 Å². The molecule has 0 saturated carbocycles. The third-order valence-electron chi connectivity index (χ3n) is 4.20. The molecule has 6 heteroatoms. The fourth-order valence-corrected chi connectivity index (χ4v) is 2.88. The number of nitrogens with zero attached hydrogens (tertiary/aromatic N) is 2. The van der Waals surface area contributed by atoms with Gasteiger partial charge in [0, 0.05) is 30.0 Å². The summed E-state index contributed by atoms with van der Waals surface area (Å²) in [6.45, 7) is 2.06. The van der Waals surface area contributed by atoms with Gasteiger partial charge in [0.2, 0.25) is 0 Å². The van der Waals surface area contributed by atoms with Gasteiger partial charge in [-0.15, -0.1) is 0 Å². The van der Waals surface area contributed by atoms with Gasteiger partial charge in [0.1, 0.15) is 11.6 Å². The Hall–Kier alpha value is -3.54. The van der Waals surface area contributed by atoms with Crippen LogP contribution >= 0.6 is 0 Å². The highest BCUT2D eigenvalue weighted by molar-refractivity contribution is 5.97. The van der Waals surface area contributed by atoms with Crippen molar-refractivity contribution in [3.8, 4) is 22.4 Å². The lowest BCUT2D eigenvalue weighted by Crippen LogP contribution is -2.05. The molecule has 0 saturated heterocycles. The zero-order valence-electron chi connectivity index (χ0n) is 15.6. The van der Waals surface area contributed by atoms with E-state index in [0.29, 0.717) is 34.6 Å². The van der Waals surface area contributed by atoms with Crippen molar-refractivity contribution in [2.75, 3.05) is 19.4 Å². The summed E-state index contributed by atoms with van der Waals surface area (Å²) in [5.74, 6) is -0.499. The molecule has 0 bridgehead atoms. The highest BCUT2D eigenvalue weighted by Gasteiger charge is 2.15. The van der Waals surface area contributed by atoms with Crippen molar-refractivity contribution in [3.05, 3.63) is 71.5 Å². The van der Waals surface area contributed by atoms with Gasteiger partial charge in [0.05, 0.1) is 17.9 Å². The summed E-state index contributed by atoms with van der Waals surface area (Å²) in [7, 11) is 1.62. The van der Waals surface area contributed by atoms with Crippen molar-refractivity contribution in [2.24, 2.45) is 4.99 Å². The summed E-state index contributed by atoms with van der Waals surface area (Å²) in [5.41, 5.74) is 9.48. The lowest BCUT2D eigenvalue weighted by molar-refractivity contribution is 0.0526. The number of esters is 1. The number of aliphatic imine (C=N–C) groups is 1. The molecule has 0 amide bonds. The van der Waals surface area contributed by atoms with Crippen molar-refractivity contribution in [3.63, 3.8) is 0 Å². The van der Waals surface area contributed by atoms with Crippen molar-refractivity contribution in [1.29, 1.82) is 0 Å². The Morgan fingerprint density at radius 3 is 2.54 bits per heavy atom. The molecule has 0 aliphatic heterocycles. The number of nitrogen functional groups attached to an aromatic ring is 1. The molecule has 28 heavy (non-hydrogen) atoms. The zero-order chi connectivity index (χ0) is 20.1. The minimum absolute atomic E-state index is 0.246. The van der Waals surface area contributed by atoms with E-state index >= 15 is 0 Å². The number of ether oxygens (including phenoxy) is 1. The number of nitrogens with two attached hydrogens (primary N) is 1. The summed E-state index contributed by atoms with van der Waals surface area (Å²) in [4.78, 5) is 20.3. The molecule has 3 rings (SSSR count). The fraction of sp³-hybridized carbons (Fsp3) is 0.136. The maximum absolute atomic E-state index is 14.4. The number of rotatable bonds is 5. The third-order valence-corrected chi connectivity index (χ3v) is 4.20. The molecule has 5 nitrogen and oxygen atoms in total. The number of carbonyl (C=O) groups excluding carboxylic acids is 1. The Labute approximate surface area is 162 Å². The predicted molar refractivity (Wildman–Crippen MR) is 109 cm³/mol. The number of pyridine rings is 1. The summed E-state index contributed by atoms with van der Waals surface area (Å²) < 4.78 is 19.4. The average molecular weight is 377 g/mol. The van der Waals surface area contributed by atoms with Gasteiger partial charge in [0.25, 0.3) is 0 Å². The fourth-order valence-electron chi connectivity index (χ4n) is 2.88. The Balaban J connectivity index is 2.11. The predicted octanol–water partition coefficient (Wildman–Crippen LogP) is 4.36. The lowest BCUT2D eigenvalue weighted by Gasteiger charge is -2.13. The summed E-state index contributed by atoms with van der Waals surface area (Å²) >= 11 is 0. The molecule has 0 aliphatic rings. The van der Waals surface area contributed by atoms with Gasteiger partial charge >= 0.3 is 5.97 Å². The van der Waals surface area contributed by atoms with E-state index in [-0.39, 0.29) is 17.6 Å². The molecule has 1 heterocycles. The maximum Gasteiger partial charge on any atom is 0.338 e. The van der Waals surface area contributed by atoms with Crippen LogP contribution < -0.4 is 5.73 Å². The normalized spacial score (nSPS) is 11.0. The van der Waals surface area contributed by atoms with E-state index in [4.69, 9.17) is 10.5 Å². The van der Waals surface area contributed by atoms with Gasteiger partial charge < -0.3 is 10.5 Å². The van der Waals surface area contributed by atoms with Crippen LogP contribution in [0.1, 0.15) is 22.8 Å². The first-order valence-electron chi connectivity index (χ1n) is 8.80. The van der Waals surface area contributed by atoms with Gasteiger partial charge in [-0.25, -0.2) is 14.2 Å². The number of hydrogen-bond acceptors (Lipinski definition) is 5.